The van der Waals surface area contributed by atoms with Crippen LogP contribution in [0.1, 0.15) is 6.92 Å². The van der Waals surface area contributed by atoms with Crippen LogP contribution in [-0.4, -0.2) is 54.0 Å². The fourth-order valence-electron chi connectivity index (χ4n) is 3.70. The van der Waals surface area contributed by atoms with Gasteiger partial charge in [0.15, 0.2) is 0 Å². The van der Waals surface area contributed by atoms with E-state index in [2.05, 4.69) is 19.7 Å². The average Bonchev–Trinajstić information content (AvgIpc) is 2.89. The summed E-state index contributed by atoms with van der Waals surface area (Å²) in [4.78, 5) is 26.0. The molecule has 0 N–H and O–H groups in total. The first kappa shape index (κ1) is 25.7. The van der Waals surface area contributed by atoms with E-state index in [-0.39, 0.29) is 0 Å². The van der Waals surface area contributed by atoms with Gasteiger partial charge in [-0.3, -0.25) is 14.8 Å². The van der Waals surface area contributed by atoms with E-state index in [1.165, 1.54) is 19.1 Å². The predicted octanol–water partition coefficient (Wildman–Crippen LogP) is 5.34. The third-order valence-electron chi connectivity index (χ3n) is 5.46. The lowest BCUT2D eigenvalue weighted by atomic mass is 10.1. The third-order valence-corrected chi connectivity index (χ3v) is 5.46. The van der Waals surface area contributed by atoms with Crippen molar-refractivity contribution < 1.29 is 32.2 Å². The van der Waals surface area contributed by atoms with Gasteiger partial charge in [0.2, 0.25) is 6.10 Å². The lowest BCUT2D eigenvalue weighted by molar-refractivity contribution is -0.216. The number of rotatable bonds is 8. The van der Waals surface area contributed by atoms with Gasteiger partial charge in [0.05, 0.1) is 43.7 Å². The van der Waals surface area contributed by atoms with Crippen LogP contribution in [0.15, 0.2) is 67.1 Å². The number of anilines is 2. The van der Waals surface area contributed by atoms with E-state index in [0.29, 0.717) is 39.6 Å². The Balaban J connectivity index is 1.85. The summed E-state index contributed by atoms with van der Waals surface area (Å²) in [7, 11) is 2.87. The van der Waals surface area contributed by atoms with Crippen molar-refractivity contribution in [1.82, 2.24) is 15.0 Å². The molecule has 0 spiro atoms. The normalized spacial score (nSPS) is 12.2. The Morgan fingerprint density at radius 3 is 2.30 bits per heavy atom. The van der Waals surface area contributed by atoms with Gasteiger partial charge in [-0.2, -0.15) is 13.2 Å². The number of benzene rings is 2. The van der Waals surface area contributed by atoms with Crippen LogP contribution in [0.25, 0.3) is 22.3 Å². The van der Waals surface area contributed by atoms with Gasteiger partial charge in [0, 0.05) is 54.5 Å². The van der Waals surface area contributed by atoms with E-state index < -0.39 is 24.8 Å². The van der Waals surface area contributed by atoms with Crippen LogP contribution in [-0.2, 0) is 9.53 Å². The zero-order valence-electron chi connectivity index (χ0n) is 20.2. The summed E-state index contributed by atoms with van der Waals surface area (Å²) in [5.74, 6) is -0.305. The van der Waals surface area contributed by atoms with E-state index in [4.69, 9.17) is 9.47 Å². The minimum atomic E-state index is -4.81. The first-order valence-corrected chi connectivity index (χ1v) is 11.1. The Morgan fingerprint density at radius 2 is 1.70 bits per heavy atom. The molecule has 0 aliphatic rings. The van der Waals surface area contributed by atoms with Crippen LogP contribution in [0, 0.1) is 0 Å². The summed E-state index contributed by atoms with van der Waals surface area (Å²) >= 11 is 0. The summed E-state index contributed by atoms with van der Waals surface area (Å²) < 4.78 is 56.9. The van der Waals surface area contributed by atoms with Crippen molar-refractivity contribution in [3.05, 3.63) is 67.1 Å². The molecule has 2 aromatic heterocycles. The van der Waals surface area contributed by atoms with Crippen molar-refractivity contribution in [1.29, 1.82) is 0 Å². The molecule has 0 radical (unpaired) electrons. The van der Waals surface area contributed by atoms with E-state index in [0.717, 1.165) is 12.5 Å². The number of esters is 1. The predicted molar refractivity (Wildman–Crippen MR) is 131 cm³/mol. The number of halogens is 3. The smallest absolute Gasteiger partial charge is 0.427 e. The summed E-state index contributed by atoms with van der Waals surface area (Å²) in [6.45, 7) is 0.212. The van der Waals surface area contributed by atoms with Gasteiger partial charge in [0.25, 0.3) is 0 Å². The van der Waals surface area contributed by atoms with Crippen LogP contribution in [0.2, 0.25) is 0 Å². The molecule has 4 rings (SSSR count). The molecule has 0 aliphatic carbocycles. The Hall–Kier alpha value is -4.41. The lowest BCUT2D eigenvalue weighted by Crippen LogP contribution is -2.42. The van der Waals surface area contributed by atoms with Crippen molar-refractivity contribution in [3.63, 3.8) is 0 Å². The van der Waals surface area contributed by atoms with Crippen molar-refractivity contribution in [2.75, 3.05) is 25.7 Å². The molecule has 0 amide bonds. The highest BCUT2D eigenvalue weighted by Crippen LogP contribution is 2.36. The number of carbonyl (C=O) groups is 1. The minimum Gasteiger partial charge on any atom is -0.497 e. The number of hydrogen-bond acceptors (Lipinski definition) is 8. The van der Waals surface area contributed by atoms with Crippen LogP contribution in [0.5, 0.6) is 11.5 Å². The van der Waals surface area contributed by atoms with Gasteiger partial charge in [-0.25, -0.2) is 4.98 Å². The number of fused-ring (bicyclic) bond motifs is 1. The fraction of sp³-hybridized carbons (Fsp3) is 0.231. The quantitative estimate of drug-likeness (QED) is 0.293. The molecule has 0 saturated carbocycles. The van der Waals surface area contributed by atoms with Gasteiger partial charge >= 0.3 is 12.1 Å². The van der Waals surface area contributed by atoms with Gasteiger partial charge in [-0.1, -0.05) is 0 Å². The molecular formula is C26H23F3N4O4. The Labute approximate surface area is 210 Å². The third kappa shape index (κ3) is 6.05. The highest BCUT2D eigenvalue weighted by molar-refractivity contribution is 5.83. The van der Waals surface area contributed by atoms with Crippen LogP contribution in [0.3, 0.4) is 0 Å². The number of carbonyl (C=O) groups excluding carboxylic acids is 1. The second-order valence-corrected chi connectivity index (χ2v) is 7.99. The minimum absolute atomic E-state index is 0.327. The zero-order chi connectivity index (χ0) is 26.6. The molecule has 11 heteroatoms. The molecule has 1 unspecified atom stereocenters. The molecule has 0 saturated heterocycles. The Bertz CT molecular complexity index is 1380. The largest absolute Gasteiger partial charge is 0.497 e. The molecule has 2 aromatic carbocycles. The number of methoxy groups -OCH3 is 2. The van der Waals surface area contributed by atoms with Gasteiger partial charge in [0.1, 0.15) is 11.5 Å². The standard InChI is InChI=1S/C26H23F3N4O4/c1-16(34)37-25(26(27,28)29)15-33(19-9-20(35-2)12-21(10-19)36-3)18-6-7-22-23(11-18)32-24(14-31-22)17-5-4-8-30-13-17/h4-14,25H,15H2,1-3H3. The summed E-state index contributed by atoms with van der Waals surface area (Å²) in [5.41, 5.74) is 2.99. The van der Waals surface area contributed by atoms with Crippen LogP contribution in [0.4, 0.5) is 24.5 Å². The monoisotopic (exact) mass is 512 g/mol. The van der Waals surface area contributed by atoms with Crippen LogP contribution >= 0.6 is 0 Å². The number of alkyl halides is 3. The molecule has 37 heavy (non-hydrogen) atoms. The van der Waals surface area contributed by atoms with Crippen molar-refractivity contribution >= 4 is 28.4 Å². The number of hydrogen-bond donors (Lipinski definition) is 0. The maximum absolute atomic E-state index is 13.9. The lowest BCUT2D eigenvalue weighted by Gasteiger charge is -2.30. The number of nitrogens with zero attached hydrogens (tertiary/aromatic N) is 4. The molecule has 2 heterocycles. The Morgan fingerprint density at radius 1 is 0.973 bits per heavy atom. The van der Waals surface area contributed by atoms with Gasteiger partial charge in [-0.05, 0) is 30.3 Å². The number of aromatic nitrogens is 3. The highest BCUT2D eigenvalue weighted by atomic mass is 19.4. The molecular weight excluding hydrogens is 489 g/mol. The van der Waals surface area contributed by atoms with E-state index in [9.17, 15) is 18.0 Å². The zero-order valence-corrected chi connectivity index (χ0v) is 20.2. The SMILES string of the molecule is COc1cc(OC)cc(N(CC(OC(C)=O)C(F)(F)F)c2ccc3ncc(-c4cccnc4)nc3c2)c1. The molecule has 192 valence electrons. The first-order chi connectivity index (χ1) is 17.7. The average molecular weight is 512 g/mol. The van der Waals surface area contributed by atoms with E-state index >= 15 is 0 Å². The molecule has 8 nitrogen and oxygen atoms in total. The summed E-state index contributed by atoms with van der Waals surface area (Å²) in [5, 5.41) is 0. The maximum atomic E-state index is 13.9. The summed E-state index contributed by atoms with van der Waals surface area (Å²) in [6.07, 6.45) is -2.33. The van der Waals surface area contributed by atoms with Gasteiger partial charge in [-0.15, -0.1) is 0 Å². The number of ether oxygens (including phenoxy) is 3. The molecule has 0 bridgehead atoms. The van der Waals surface area contributed by atoms with E-state index in [1.54, 1.807) is 61.1 Å². The number of pyridine rings is 1. The molecule has 0 fully saturated rings. The van der Waals surface area contributed by atoms with Crippen LogP contribution < -0.4 is 14.4 Å². The second-order valence-electron chi connectivity index (χ2n) is 7.99. The second kappa shape index (κ2) is 10.7. The molecule has 1 atom stereocenters. The molecule has 0 aliphatic heterocycles. The highest BCUT2D eigenvalue weighted by Gasteiger charge is 2.44. The maximum Gasteiger partial charge on any atom is 0.427 e. The Kier molecular flexibility index (Phi) is 7.42. The topological polar surface area (TPSA) is 86.7 Å². The fourth-order valence-corrected chi connectivity index (χ4v) is 3.70. The van der Waals surface area contributed by atoms with E-state index in [1.807, 2.05) is 6.07 Å². The van der Waals surface area contributed by atoms with Crippen molar-refractivity contribution in [2.24, 2.45) is 0 Å². The molecule has 4 aromatic rings. The van der Waals surface area contributed by atoms with Crippen molar-refractivity contribution in [3.8, 4) is 22.8 Å². The summed E-state index contributed by atoms with van der Waals surface area (Å²) in [6, 6.07) is 13.2. The van der Waals surface area contributed by atoms with Gasteiger partial charge < -0.3 is 19.1 Å². The first-order valence-electron chi connectivity index (χ1n) is 11.1. The van der Waals surface area contributed by atoms with Crippen molar-refractivity contribution in [2.45, 2.75) is 19.2 Å².